The molecule has 2 rings (SSSR count). The van der Waals surface area contributed by atoms with Gasteiger partial charge in [-0.25, -0.2) is 4.79 Å². The minimum Gasteiger partial charge on any atom is -0.478 e. The Morgan fingerprint density at radius 3 is 2.65 bits per heavy atom. The molecular formula is C14H16N2O4. The van der Waals surface area contributed by atoms with E-state index in [-0.39, 0.29) is 18.0 Å². The van der Waals surface area contributed by atoms with Gasteiger partial charge in [0.25, 0.3) is 0 Å². The van der Waals surface area contributed by atoms with Crippen LogP contribution in [0.15, 0.2) is 18.2 Å². The van der Waals surface area contributed by atoms with Crippen LogP contribution in [0.3, 0.4) is 0 Å². The number of fused-ring (bicyclic) bond motifs is 1. The van der Waals surface area contributed by atoms with Crippen LogP contribution in [-0.2, 0) is 16.0 Å². The molecule has 2 N–H and O–H groups in total. The van der Waals surface area contributed by atoms with E-state index < -0.39 is 11.6 Å². The molecule has 6 heteroatoms. The van der Waals surface area contributed by atoms with Crippen LogP contribution in [0.25, 0.3) is 10.9 Å². The summed E-state index contributed by atoms with van der Waals surface area (Å²) in [4.78, 5) is 22.7. The molecule has 0 amide bonds. The van der Waals surface area contributed by atoms with Gasteiger partial charge in [-0.15, -0.1) is 0 Å². The average molecular weight is 276 g/mol. The van der Waals surface area contributed by atoms with E-state index in [0.717, 1.165) is 5.39 Å². The summed E-state index contributed by atoms with van der Waals surface area (Å²) in [5.41, 5.74) is 0.756. The summed E-state index contributed by atoms with van der Waals surface area (Å²) in [7, 11) is 0. The van der Waals surface area contributed by atoms with Crippen LogP contribution in [-0.4, -0.2) is 32.8 Å². The number of carbonyl (C=O) groups excluding carboxylic acids is 1. The van der Waals surface area contributed by atoms with Crippen LogP contribution in [0.1, 0.15) is 36.8 Å². The second-order valence-electron chi connectivity index (χ2n) is 5.50. The molecule has 20 heavy (non-hydrogen) atoms. The van der Waals surface area contributed by atoms with Crippen LogP contribution in [0.5, 0.6) is 0 Å². The third-order valence-corrected chi connectivity index (χ3v) is 2.62. The van der Waals surface area contributed by atoms with E-state index in [1.807, 2.05) is 0 Å². The van der Waals surface area contributed by atoms with E-state index in [4.69, 9.17) is 9.84 Å². The normalized spacial score (nSPS) is 11.6. The molecule has 0 radical (unpaired) electrons. The number of nitrogens with zero attached hydrogens (tertiary/aromatic N) is 1. The zero-order valence-corrected chi connectivity index (χ0v) is 11.6. The molecule has 0 atom stereocenters. The molecule has 0 aliphatic rings. The summed E-state index contributed by atoms with van der Waals surface area (Å²) >= 11 is 0. The summed E-state index contributed by atoms with van der Waals surface area (Å²) in [6, 6.07) is 4.59. The minimum atomic E-state index is -1.01. The molecule has 0 saturated carbocycles. The number of carboxylic acid groups (broad SMARTS) is 1. The molecule has 0 bridgehead atoms. The SMILES string of the molecule is CC(C)(C)OC(=O)Cc1[nH]nc2cc(C(=O)O)ccc12. The highest BCUT2D eigenvalue weighted by molar-refractivity contribution is 5.94. The number of hydrogen-bond donors (Lipinski definition) is 2. The monoisotopic (exact) mass is 276 g/mol. The fourth-order valence-electron chi connectivity index (χ4n) is 1.86. The molecule has 1 aromatic carbocycles. The molecule has 2 aromatic rings. The summed E-state index contributed by atoms with van der Waals surface area (Å²) in [6.45, 7) is 5.40. The zero-order valence-electron chi connectivity index (χ0n) is 11.6. The van der Waals surface area contributed by atoms with E-state index in [9.17, 15) is 9.59 Å². The number of benzene rings is 1. The highest BCUT2D eigenvalue weighted by atomic mass is 16.6. The maximum absolute atomic E-state index is 11.8. The molecule has 1 aromatic heterocycles. The topological polar surface area (TPSA) is 92.3 Å². The van der Waals surface area contributed by atoms with Crippen molar-refractivity contribution in [2.75, 3.05) is 0 Å². The molecule has 0 saturated heterocycles. The van der Waals surface area contributed by atoms with Crippen LogP contribution in [0.2, 0.25) is 0 Å². The minimum absolute atomic E-state index is 0.0696. The van der Waals surface area contributed by atoms with Gasteiger partial charge in [0.1, 0.15) is 5.60 Å². The lowest BCUT2D eigenvalue weighted by molar-refractivity contribution is -0.153. The van der Waals surface area contributed by atoms with Crippen molar-refractivity contribution in [3.63, 3.8) is 0 Å². The smallest absolute Gasteiger partial charge is 0.335 e. The number of H-pyrrole nitrogens is 1. The third kappa shape index (κ3) is 3.14. The molecule has 0 aliphatic heterocycles. The third-order valence-electron chi connectivity index (χ3n) is 2.62. The fourth-order valence-corrected chi connectivity index (χ4v) is 1.86. The maximum Gasteiger partial charge on any atom is 0.335 e. The van der Waals surface area contributed by atoms with E-state index in [0.29, 0.717) is 11.2 Å². The average Bonchev–Trinajstić information content (AvgIpc) is 2.69. The molecule has 0 unspecified atom stereocenters. The number of aromatic carboxylic acids is 1. The highest BCUT2D eigenvalue weighted by Gasteiger charge is 2.18. The lowest BCUT2D eigenvalue weighted by Gasteiger charge is -2.19. The van der Waals surface area contributed by atoms with Crippen LogP contribution in [0.4, 0.5) is 0 Å². The lowest BCUT2D eigenvalue weighted by atomic mass is 10.1. The molecule has 0 fully saturated rings. The molecule has 106 valence electrons. The fraction of sp³-hybridized carbons (Fsp3) is 0.357. The van der Waals surface area contributed by atoms with Crippen molar-refractivity contribution < 1.29 is 19.4 Å². The van der Waals surface area contributed by atoms with E-state index in [1.165, 1.54) is 12.1 Å². The van der Waals surface area contributed by atoms with Crippen molar-refractivity contribution in [3.8, 4) is 0 Å². The number of nitrogens with one attached hydrogen (secondary N) is 1. The van der Waals surface area contributed by atoms with Gasteiger partial charge in [0.2, 0.25) is 0 Å². The van der Waals surface area contributed by atoms with E-state index in [2.05, 4.69) is 10.2 Å². The van der Waals surface area contributed by atoms with Gasteiger partial charge in [0.05, 0.1) is 23.2 Å². The van der Waals surface area contributed by atoms with Crippen molar-refractivity contribution >= 4 is 22.8 Å². The van der Waals surface area contributed by atoms with Gasteiger partial charge in [-0.1, -0.05) is 6.07 Å². The number of carbonyl (C=O) groups is 2. The number of esters is 1. The summed E-state index contributed by atoms with van der Waals surface area (Å²) < 4.78 is 5.24. The predicted octanol–water partition coefficient (Wildman–Crippen LogP) is 2.15. The summed E-state index contributed by atoms with van der Waals surface area (Å²) in [6.07, 6.45) is 0.0696. The number of aromatic amines is 1. The molecular weight excluding hydrogens is 260 g/mol. The van der Waals surface area contributed by atoms with Crippen molar-refractivity contribution in [1.29, 1.82) is 0 Å². The molecule has 1 heterocycles. The van der Waals surface area contributed by atoms with Crippen LogP contribution in [0, 0.1) is 0 Å². The van der Waals surface area contributed by atoms with Crippen LogP contribution < -0.4 is 0 Å². The first-order valence-corrected chi connectivity index (χ1v) is 6.18. The maximum atomic E-state index is 11.8. The standard InChI is InChI=1S/C14H16N2O4/c1-14(2,3)20-12(17)7-11-9-5-4-8(13(18)19)6-10(9)15-16-11/h4-6H,7H2,1-3H3,(H,15,16)(H,18,19). The second kappa shape index (κ2) is 4.96. The predicted molar refractivity (Wildman–Crippen MR) is 72.6 cm³/mol. The lowest BCUT2D eigenvalue weighted by Crippen LogP contribution is -2.25. The first-order valence-electron chi connectivity index (χ1n) is 6.18. The first kappa shape index (κ1) is 14.0. The number of hydrogen-bond acceptors (Lipinski definition) is 4. The summed E-state index contributed by atoms with van der Waals surface area (Å²) in [5.74, 6) is -1.37. The Kier molecular flexibility index (Phi) is 3.48. The van der Waals surface area contributed by atoms with E-state index >= 15 is 0 Å². The zero-order chi connectivity index (χ0) is 14.9. The Labute approximate surface area is 115 Å². The second-order valence-corrected chi connectivity index (χ2v) is 5.50. The number of rotatable bonds is 3. The van der Waals surface area contributed by atoms with Gasteiger partial charge in [-0.2, -0.15) is 5.10 Å². The Morgan fingerprint density at radius 1 is 1.35 bits per heavy atom. The van der Waals surface area contributed by atoms with Crippen molar-refractivity contribution in [2.45, 2.75) is 32.8 Å². The van der Waals surface area contributed by atoms with Gasteiger partial charge >= 0.3 is 11.9 Å². The Balaban J connectivity index is 2.24. The largest absolute Gasteiger partial charge is 0.478 e. The Morgan fingerprint density at radius 2 is 2.05 bits per heavy atom. The number of carboxylic acids is 1. The van der Waals surface area contributed by atoms with Crippen molar-refractivity contribution in [3.05, 3.63) is 29.5 Å². The first-order chi connectivity index (χ1) is 9.26. The molecule has 0 aliphatic carbocycles. The van der Waals surface area contributed by atoms with Crippen molar-refractivity contribution in [2.24, 2.45) is 0 Å². The van der Waals surface area contributed by atoms with Gasteiger partial charge in [0.15, 0.2) is 0 Å². The Hall–Kier alpha value is -2.37. The van der Waals surface area contributed by atoms with Gasteiger partial charge in [0, 0.05) is 5.39 Å². The molecule has 0 spiro atoms. The van der Waals surface area contributed by atoms with Gasteiger partial charge < -0.3 is 9.84 Å². The number of ether oxygens (including phenoxy) is 1. The highest BCUT2D eigenvalue weighted by Crippen LogP contribution is 2.19. The summed E-state index contributed by atoms with van der Waals surface area (Å²) in [5, 5.41) is 16.4. The quantitative estimate of drug-likeness (QED) is 0.838. The van der Waals surface area contributed by atoms with Gasteiger partial charge in [-0.05, 0) is 32.9 Å². The van der Waals surface area contributed by atoms with Crippen molar-refractivity contribution in [1.82, 2.24) is 10.2 Å². The Bertz CT molecular complexity index is 667. The number of aromatic nitrogens is 2. The van der Waals surface area contributed by atoms with Gasteiger partial charge in [-0.3, -0.25) is 9.89 Å². The molecule has 6 nitrogen and oxygen atoms in total. The van der Waals surface area contributed by atoms with E-state index in [1.54, 1.807) is 26.8 Å². The van der Waals surface area contributed by atoms with Crippen LogP contribution >= 0.6 is 0 Å².